The van der Waals surface area contributed by atoms with Crippen LogP contribution in [0.5, 0.6) is 17.4 Å². The second-order valence-corrected chi connectivity index (χ2v) is 5.61. The molecule has 1 aliphatic heterocycles. The third-order valence-corrected chi connectivity index (χ3v) is 3.68. The highest BCUT2D eigenvalue weighted by Crippen LogP contribution is 2.38. The fourth-order valence-corrected chi connectivity index (χ4v) is 2.20. The molecule has 154 valence electrons. The summed E-state index contributed by atoms with van der Waals surface area (Å²) in [6.07, 6.45) is 4.14. The molecule has 0 spiro atoms. The van der Waals surface area contributed by atoms with Crippen LogP contribution in [0.3, 0.4) is 0 Å². The Morgan fingerprint density at radius 3 is 2.70 bits per heavy atom. The zero-order valence-electron chi connectivity index (χ0n) is 15.3. The van der Waals surface area contributed by atoms with Gasteiger partial charge in [-0.05, 0) is 18.2 Å². The van der Waals surface area contributed by atoms with E-state index < -0.39 is 40.7 Å². The van der Waals surface area contributed by atoms with Crippen LogP contribution in [-0.2, 0) is 14.3 Å². The van der Waals surface area contributed by atoms with Gasteiger partial charge in [-0.3, -0.25) is 19.9 Å². The molecule has 0 saturated heterocycles. The van der Waals surface area contributed by atoms with Crippen LogP contribution in [0, 0.1) is 15.9 Å². The summed E-state index contributed by atoms with van der Waals surface area (Å²) in [5.41, 5.74) is -0.986. The molecule has 0 unspecified atom stereocenters. The lowest BCUT2D eigenvalue weighted by atomic mass is 10.2. The van der Waals surface area contributed by atoms with Gasteiger partial charge in [-0.1, -0.05) is 0 Å². The monoisotopic (exact) mass is 416 g/mol. The molecule has 3 rings (SSSR count). The van der Waals surface area contributed by atoms with Gasteiger partial charge in [0.05, 0.1) is 23.8 Å². The fraction of sp³-hybridized carbons (Fsp3) is 0.111. The lowest BCUT2D eigenvalue weighted by Crippen LogP contribution is -2.24. The maximum atomic E-state index is 14.3. The summed E-state index contributed by atoms with van der Waals surface area (Å²) >= 11 is 0. The number of nitrogens with one attached hydrogen (secondary N) is 1. The third-order valence-electron chi connectivity index (χ3n) is 3.68. The van der Waals surface area contributed by atoms with Crippen molar-refractivity contribution in [3.8, 4) is 17.4 Å². The van der Waals surface area contributed by atoms with Gasteiger partial charge < -0.3 is 19.5 Å². The van der Waals surface area contributed by atoms with Crippen molar-refractivity contribution in [3.63, 3.8) is 0 Å². The first kappa shape index (κ1) is 20.4. The number of aliphatic imine (C=N–C) groups is 1. The molecular weight excluding hydrogens is 403 g/mol. The van der Waals surface area contributed by atoms with Crippen LogP contribution in [0.15, 0.2) is 47.7 Å². The van der Waals surface area contributed by atoms with Crippen molar-refractivity contribution >= 4 is 29.0 Å². The highest BCUT2D eigenvalue weighted by atomic mass is 19.1. The van der Waals surface area contributed by atoms with Gasteiger partial charge in [0, 0.05) is 18.5 Å². The maximum Gasteiger partial charge on any atom is 0.343 e. The van der Waals surface area contributed by atoms with Crippen molar-refractivity contribution in [2.45, 2.75) is 0 Å². The molecule has 1 aliphatic rings. The first-order chi connectivity index (χ1) is 14.4. The molecule has 12 heteroatoms. The number of rotatable bonds is 8. The van der Waals surface area contributed by atoms with E-state index in [0.717, 1.165) is 6.07 Å². The number of amides is 1. The smallest absolute Gasteiger partial charge is 0.343 e. The predicted octanol–water partition coefficient (Wildman–Crippen LogP) is 2.38. The average Bonchev–Trinajstić information content (AvgIpc) is 2.67. The van der Waals surface area contributed by atoms with Gasteiger partial charge in [-0.15, -0.1) is 0 Å². The van der Waals surface area contributed by atoms with Crippen molar-refractivity contribution in [2.24, 2.45) is 4.99 Å². The van der Waals surface area contributed by atoms with Crippen LogP contribution in [0.4, 0.5) is 15.8 Å². The zero-order chi connectivity index (χ0) is 21.7. The minimum atomic E-state index is -1.04. The molecule has 0 fully saturated rings. The van der Waals surface area contributed by atoms with E-state index in [1.165, 1.54) is 37.7 Å². The predicted molar refractivity (Wildman–Crippen MR) is 100 cm³/mol. The zero-order valence-corrected chi connectivity index (χ0v) is 15.3. The van der Waals surface area contributed by atoms with E-state index in [0.29, 0.717) is 6.07 Å². The van der Waals surface area contributed by atoms with Gasteiger partial charge in [0.1, 0.15) is 5.71 Å². The number of aromatic nitrogens is 1. The molecule has 0 atom stereocenters. The molecule has 0 aliphatic carbocycles. The number of hydrogen-bond donors (Lipinski definition) is 1. The van der Waals surface area contributed by atoms with Gasteiger partial charge >= 0.3 is 11.7 Å². The quantitative estimate of drug-likeness (QED) is 0.393. The van der Waals surface area contributed by atoms with E-state index in [4.69, 9.17) is 9.47 Å². The molecule has 1 amide bonds. The van der Waals surface area contributed by atoms with Crippen molar-refractivity contribution < 1.29 is 33.1 Å². The summed E-state index contributed by atoms with van der Waals surface area (Å²) in [6.45, 7) is -0.480. The van der Waals surface area contributed by atoms with Crippen LogP contribution in [-0.4, -0.2) is 41.2 Å². The number of nitrogens with zero attached hydrogens (tertiary/aromatic N) is 3. The number of carbonyl (C=O) groups is 2. The normalized spacial score (nSPS) is 11.7. The topological polar surface area (TPSA) is 142 Å². The minimum Gasteiger partial charge on any atom is -0.466 e. The first-order valence-electron chi connectivity index (χ1n) is 8.25. The molecule has 1 N–H and O–H groups in total. The lowest BCUT2D eigenvalue weighted by Gasteiger charge is -2.13. The van der Waals surface area contributed by atoms with E-state index in [9.17, 15) is 24.1 Å². The molecule has 0 saturated carbocycles. The van der Waals surface area contributed by atoms with Gasteiger partial charge in [-0.2, -0.15) is 0 Å². The Hall–Kier alpha value is -4.35. The minimum absolute atomic E-state index is 0.0703. The van der Waals surface area contributed by atoms with Gasteiger partial charge in [-0.25, -0.2) is 14.2 Å². The Balaban J connectivity index is 1.91. The van der Waals surface area contributed by atoms with Crippen molar-refractivity contribution in [1.29, 1.82) is 0 Å². The van der Waals surface area contributed by atoms with Gasteiger partial charge in [0.25, 0.3) is 11.8 Å². The number of pyridine rings is 1. The second-order valence-electron chi connectivity index (χ2n) is 5.61. The number of methoxy groups -OCH3 is 1. The van der Waals surface area contributed by atoms with Crippen molar-refractivity contribution in [3.05, 3.63) is 58.7 Å². The van der Waals surface area contributed by atoms with Crippen LogP contribution in [0.25, 0.3) is 0 Å². The standard InChI is InChI=1S/C18H13FN4O7/c1-28-16(24)9-29-18-14(3-2-5-21-18)30-15-8-12(10(19)7-13(15)23(26)27)22-17(25)11-4-6-20-11/h2-8H,9H2,1H3,(H,22,25). The molecule has 1 aromatic heterocycles. The number of benzene rings is 1. The Kier molecular flexibility index (Phi) is 5.96. The number of nitro groups is 1. The Labute approximate surface area is 167 Å². The van der Waals surface area contributed by atoms with Crippen LogP contribution in [0.2, 0.25) is 0 Å². The van der Waals surface area contributed by atoms with Gasteiger partial charge in [0.15, 0.2) is 18.2 Å². The van der Waals surface area contributed by atoms with Crippen LogP contribution >= 0.6 is 0 Å². The average molecular weight is 416 g/mol. The molecule has 2 heterocycles. The van der Waals surface area contributed by atoms with Crippen molar-refractivity contribution in [1.82, 2.24) is 4.98 Å². The summed E-state index contributed by atoms with van der Waals surface area (Å²) in [4.78, 5) is 41.3. The summed E-state index contributed by atoms with van der Waals surface area (Å²) in [5.74, 6) is -3.05. The number of halogens is 1. The molecule has 30 heavy (non-hydrogen) atoms. The highest BCUT2D eigenvalue weighted by molar-refractivity contribution is 6.48. The summed E-state index contributed by atoms with van der Waals surface area (Å²) < 4.78 is 29.4. The molecule has 0 radical (unpaired) electrons. The Bertz CT molecular complexity index is 1080. The number of hydrogen-bond acceptors (Lipinski definition) is 9. The lowest BCUT2D eigenvalue weighted by molar-refractivity contribution is -0.385. The number of esters is 1. The van der Waals surface area contributed by atoms with E-state index in [1.807, 2.05) is 0 Å². The largest absolute Gasteiger partial charge is 0.466 e. The fourth-order valence-electron chi connectivity index (χ4n) is 2.20. The Morgan fingerprint density at radius 2 is 2.07 bits per heavy atom. The molecule has 0 bridgehead atoms. The van der Waals surface area contributed by atoms with Crippen LogP contribution < -0.4 is 14.8 Å². The summed E-state index contributed by atoms with van der Waals surface area (Å²) in [7, 11) is 1.17. The first-order valence-corrected chi connectivity index (χ1v) is 8.25. The molecule has 2 aromatic rings. The number of nitro benzene ring substituents is 1. The SMILES string of the molecule is COC(=O)COc1ncccc1Oc1cc(NC(=O)C2=NC=C2)c(F)cc1[N+](=O)[O-]. The third kappa shape index (κ3) is 4.55. The van der Waals surface area contributed by atoms with E-state index >= 15 is 0 Å². The summed E-state index contributed by atoms with van der Waals surface area (Å²) in [6, 6.07) is 4.39. The van der Waals surface area contributed by atoms with E-state index in [1.54, 1.807) is 0 Å². The summed E-state index contributed by atoms with van der Waals surface area (Å²) in [5, 5.41) is 13.6. The second kappa shape index (κ2) is 8.77. The maximum absolute atomic E-state index is 14.3. The molecule has 11 nitrogen and oxygen atoms in total. The van der Waals surface area contributed by atoms with E-state index in [-0.39, 0.29) is 23.0 Å². The number of anilines is 1. The molecular formula is C18H13FN4O7. The molecule has 1 aromatic carbocycles. The number of carbonyl (C=O) groups excluding carboxylic acids is 2. The number of ether oxygens (including phenoxy) is 3. The van der Waals surface area contributed by atoms with Crippen molar-refractivity contribution in [2.75, 3.05) is 19.0 Å². The Morgan fingerprint density at radius 1 is 1.30 bits per heavy atom. The van der Waals surface area contributed by atoms with E-state index in [2.05, 4.69) is 20.0 Å². The van der Waals surface area contributed by atoms with Gasteiger partial charge in [0.2, 0.25) is 5.75 Å². The highest BCUT2D eigenvalue weighted by Gasteiger charge is 2.24. The van der Waals surface area contributed by atoms with Crippen LogP contribution in [0.1, 0.15) is 0 Å².